The molecule has 1 fully saturated rings. The van der Waals surface area contributed by atoms with Gasteiger partial charge in [0.2, 0.25) is 10.0 Å². The maximum atomic E-state index is 12.4. The summed E-state index contributed by atoms with van der Waals surface area (Å²) in [6.07, 6.45) is -0.217. The summed E-state index contributed by atoms with van der Waals surface area (Å²) in [5, 5.41) is 4.85. The van der Waals surface area contributed by atoms with E-state index in [0.29, 0.717) is 31.3 Å². The van der Waals surface area contributed by atoms with Crippen LogP contribution in [0.1, 0.15) is 10.4 Å². The average molecular weight is 320 g/mol. The van der Waals surface area contributed by atoms with E-state index in [1.165, 1.54) is 11.3 Å². The van der Waals surface area contributed by atoms with Gasteiger partial charge < -0.3 is 14.8 Å². The first-order valence-electron chi connectivity index (χ1n) is 6.45. The molecule has 1 aromatic heterocycles. The minimum absolute atomic E-state index is 0.217. The molecule has 0 spiro atoms. The van der Waals surface area contributed by atoms with Gasteiger partial charge in [-0.05, 0) is 24.9 Å². The fourth-order valence-electron chi connectivity index (χ4n) is 2.06. The number of rotatable bonds is 6. The molecule has 6 nitrogen and oxygen atoms in total. The number of ether oxygens (including phenoxy) is 2. The maximum absolute atomic E-state index is 12.4. The van der Waals surface area contributed by atoms with Crippen LogP contribution in [0.2, 0.25) is 0 Å². The summed E-state index contributed by atoms with van der Waals surface area (Å²) in [7, 11) is -1.72. The lowest BCUT2D eigenvalue weighted by Crippen LogP contribution is -2.40. The Balaban J connectivity index is 2.07. The number of hydrogen-bond acceptors (Lipinski definition) is 6. The van der Waals surface area contributed by atoms with Crippen molar-refractivity contribution in [2.45, 2.75) is 24.5 Å². The zero-order valence-electron chi connectivity index (χ0n) is 11.6. The summed E-state index contributed by atoms with van der Waals surface area (Å²) in [5.41, 5.74) is 0.772. The molecule has 0 saturated carbocycles. The van der Waals surface area contributed by atoms with Crippen molar-refractivity contribution in [3.05, 3.63) is 15.8 Å². The largest absolute Gasteiger partial charge is 0.376 e. The highest BCUT2D eigenvalue weighted by molar-refractivity contribution is 7.89. The van der Waals surface area contributed by atoms with Crippen LogP contribution in [0.3, 0.4) is 0 Å². The first kappa shape index (κ1) is 15.9. The van der Waals surface area contributed by atoms with Crippen molar-refractivity contribution in [1.29, 1.82) is 0 Å². The second-order valence-electron chi connectivity index (χ2n) is 4.62. The molecule has 1 aromatic rings. The molecule has 2 N–H and O–H groups in total. The Hall–Kier alpha value is -0.510. The molecular weight excluding hydrogens is 300 g/mol. The van der Waals surface area contributed by atoms with Crippen molar-refractivity contribution in [3.63, 3.8) is 0 Å². The SMILES string of the molecule is CNCc1scc(C)c1S(=O)(=O)NCC1COCCO1. The van der Waals surface area contributed by atoms with Gasteiger partial charge in [0.1, 0.15) is 4.90 Å². The summed E-state index contributed by atoms with van der Waals surface area (Å²) < 4.78 is 38.2. The second kappa shape index (κ2) is 6.97. The number of thiophene rings is 1. The number of hydrogen-bond donors (Lipinski definition) is 2. The van der Waals surface area contributed by atoms with E-state index in [-0.39, 0.29) is 12.6 Å². The third-order valence-electron chi connectivity index (χ3n) is 2.98. The van der Waals surface area contributed by atoms with Crippen LogP contribution >= 0.6 is 11.3 Å². The number of aryl methyl sites for hydroxylation is 1. The van der Waals surface area contributed by atoms with E-state index >= 15 is 0 Å². The van der Waals surface area contributed by atoms with Crippen molar-refractivity contribution in [3.8, 4) is 0 Å². The molecule has 2 rings (SSSR count). The smallest absolute Gasteiger partial charge is 0.242 e. The van der Waals surface area contributed by atoms with Gasteiger partial charge in [0.15, 0.2) is 0 Å². The van der Waals surface area contributed by atoms with E-state index in [9.17, 15) is 8.42 Å². The van der Waals surface area contributed by atoms with E-state index in [4.69, 9.17) is 9.47 Å². The third-order valence-corrected chi connectivity index (χ3v) is 5.87. The van der Waals surface area contributed by atoms with Gasteiger partial charge in [-0.25, -0.2) is 13.1 Å². The Labute approximate surface area is 123 Å². The van der Waals surface area contributed by atoms with Crippen LogP contribution < -0.4 is 10.0 Å². The molecule has 0 aliphatic carbocycles. The quantitative estimate of drug-likeness (QED) is 0.797. The van der Waals surface area contributed by atoms with Crippen molar-refractivity contribution in [2.24, 2.45) is 0 Å². The van der Waals surface area contributed by atoms with Gasteiger partial charge in [0.05, 0.1) is 25.9 Å². The summed E-state index contributed by atoms with van der Waals surface area (Å²) in [5.74, 6) is 0. The summed E-state index contributed by atoms with van der Waals surface area (Å²) in [4.78, 5) is 1.20. The molecule has 8 heteroatoms. The van der Waals surface area contributed by atoms with Crippen molar-refractivity contribution >= 4 is 21.4 Å². The van der Waals surface area contributed by atoms with Crippen LogP contribution in [0.25, 0.3) is 0 Å². The summed E-state index contributed by atoms with van der Waals surface area (Å²) >= 11 is 1.45. The Bertz CT molecular complexity index is 536. The molecule has 1 unspecified atom stereocenters. The molecule has 20 heavy (non-hydrogen) atoms. The monoisotopic (exact) mass is 320 g/mol. The zero-order valence-corrected chi connectivity index (χ0v) is 13.3. The van der Waals surface area contributed by atoms with Gasteiger partial charge in [0, 0.05) is 18.0 Å². The highest BCUT2D eigenvalue weighted by Gasteiger charge is 2.24. The lowest BCUT2D eigenvalue weighted by Gasteiger charge is -2.23. The summed E-state index contributed by atoms with van der Waals surface area (Å²) in [6, 6.07) is 0. The van der Waals surface area contributed by atoms with Gasteiger partial charge in [-0.1, -0.05) is 0 Å². The normalized spacial score (nSPS) is 20.2. The topological polar surface area (TPSA) is 76.7 Å². The van der Waals surface area contributed by atoms with Gasteiger partial charge in [0.25, 0.3) is 0 Å². The molecule has 1 aliphatic rings. The van der Waals surface area contributed by atoms with Crippen LogP contribution in [0, 0.1) is 6.92 Å². The number of nitrogens with one attached hydrogen (secondary N) is 2. The van der Waals surface area contributed by atoms with Gasteiger partial charge >= 0.3 is 0 Å². The lowest BCUT2D eigenvalue weighted by atomic mass is 10.3. The predicted octanol–water partition coefficient (Wildman–Crippen LogP) is 0.470. The molecule has 0 aromatic carbocycles. The Morgan fingerprint density at radius 3 is 2.90 bits per heavy atom. The molecule has 1 saturated heterocycles. The molecule has 0 radical (unpaired) electrons. The third kappa shape index (κ3) is 3.78. The van der Waals surface area contributed by atoms with Gasteiger partial charge in [-0.2, -0.15) is 0 Å². The Morgan fingerprint density at radius 1 is 1.45 bits per heavy atom. The van der Waals surface area contributed by atoms with E-state index in [2.05, 4.69) is 10.0 Å². The first-order chi connectivity index (χ1) is 9.54. The molecule has 0 amide bonds. The van der Waals surface area contributed by atoms with Crippen molar-refractivity contribution in [2.75, 3.05) is 33.4 Å². The second-order valence-corrected chi connectivity index (χ2v) is 7.29. The zero-order chi connectivity index (χ0) is 14.6. The highest BCUT2D eigenvalue weighted by atomic mass is 32.2. The molecule has 0 bridgehead atoms. The maximum Gasteiger partial charge on any atom is 0.242 e. The Morgan fingerprint density at radius 2 is 2.25 bits per heavy atom. The number of sulfonamides is 1. The van der Waals surface area contributed by atoms with E-state index in [0.717, 1.165) is 10.4 Å². The van der Waals surface area contributed by atoms with Crippen LogP contribution in [0.4, 0.5) is 0 Å². The van der Waals surface area contributed by atoms with Crippen LogP contribution in [0.5, 0.6) is 0 Å². The van der Waals surface area contributed by atoms with E-state index in [1.54, 1.807) is 7.05 Å². The fraction of sp³-hybridized carbons (Fsp3) is 0.667. The van der Waals surface area contributed by atoms with E-state index < -0.39 is 10.0 Å². The Kier molecular flexibility index (Phi) is 5.53. The van der Waals surface area contributed by atoms with E-state index in [1.807, 2.05) is 12.3 Å². The predicted molar refractivity (Wildman–Crippen MR) is 77.6 cm³/mol. The minimum atomic E-state index is -3.51. The fourth-order valence-corrected chi connectivity index (χ4v) is 4.95. The van der Waals surface area contributed by atoms with Gasteiger partial charge in [-0.3, -0.25) is 0 Å². The minimum Gasteiger partial charge on any atom is -0.376 e. The molecule has 114 valence electrons. The lowest BCUT2D eigenvalue weighted by molar-refractivity contribution is -0.0846. The first-order valence-corrected chi connectivity index (χ1v) is 8.81. The summed E-state index contributed by atoms with van der Waals surface area (Å²) in [6.45, 7) is 4.08. The van der Waals surface area contributed by atoms with Crippen LogP contribution in [-0.4, -0.2) is 47.9 Å². The van der Waals surface area contributed by atoms with Crippen LogP contribution in [0.15, 0.2) is 10.3 Å². The molecule has 1 atom stereocenters. The van der Waals surface area contributed by atoms with Crippen LogP contribution in [-0.2, 0) is 26.0 Å². The molecule has 1 aliphatic heterocycles. The molecule has 2 heterocycles. The molecular formula is C12H20N2O4S2. The average Bonchev–Trinajstić information content (AvgIpc) is 2.80. The highest BCUT2D eigenvalue weighted by Crippen LogP contribution is 2.26. The standard InChI is InChI=1S/C12H20N2O4S2/c1-9-8-19-11(6-13-2)12(9)20(15,16)14-5-10-7-17-3-4-18-10/h8,10,13-14H,3-7H2,1-2H3. The van der Waals surface area contributed by atoms with Gasteiger partial charge in [-0.15, -0.1) is 11.3 Å². The van der Waals surface area contributed by atoms with Crippen molar-refractivity contribution < 1.29 is 17.9 Å². The van der Waals surface area contributed by atoms with Crippen molar-refractivity contribution in [1.82, 2.24) is 10.0 Å².